The van der Waals surface area contributed by atoms with Crippen LogP contribution in [-0.2, 0) is 92.7 Å². The summed E-state index contributed by atoms with van der Waals surface area (Å²) in [7, 11) is 0. The zero-order valence-corrected chi connectivity index (χ0v) is 76.6. The molecule has 129 heavy (non-hydrogen) atoms. The lowest BCUT2D eigenvalue weighted by atomic mass is 9.91. The third kappa shape index (κ3) is 41.0. The lowest BCUT2D eigenvalue weighted by Crippen LogP contribution is -2.64. The average molecular weight is 1820 g/mol. The summed E-state index contributed by atoms with van der Waals surface area (Å²) >= 11 is 0. The van der Waals surface area contributed by atoms with Crippen LogP contribution in [0.2, 0.25) is 0 Å². The van der Waals surface area contributed by atoms with Crippen molar-refractivity contribution in [1.29, 1.82) is 0 Å². The monoisotopic (exact) mass is 1820 g/mol. The number of carboxylic acid groups (broad SMARTS) is 1. The van der Waals surface area contributed by atoms with Crippen molar-refractivity contribution in [3.8, 4) is 0 Å². The van der Waals surface area contributed by atoms with Gasteiger partial charge < -0.3 is 129 Å². The highest BCUT2D eigenvalue weighted by Crippen LogP contribution is 2.24. The molecule has 17 amide bonds. The van der Waals surface area contributed by atoms with Gasteiger partial charge in [-0.15, -0.1) is 0 Å². The molecule has 3 rings (SSSR count). The van der Waals surface area contributed by atoms with E-state index in [1.165, 1.54) is 13.8 Å². The first-order valence-corrected chi connectivity index (χ1v) is 44.9. The van der Waals surface area contributed by atoms with E-state index in [0.29, 0.717) is 55.1 Å². The number of nitrogens with one attached hydrogen (secondary N) is 16. The normalized spacial score (nSPS) is 19.0. The van der Waals surface area contributed by atoms with Crippen molar-refractivity contribution < 1.29 is 96.5 Å². The molecule has 30 N–H and O–H groups in total. The van der Waals surface area contributed by atoms with Crippen LogP contribution in [0.5, 0.6) is 0 Å². The topological polar surface area (TPSA) is 700 Å². The number of aliphatic hydroxyl groups excluding tert-OH is 1. The molecule has 42 heteroatoms. The Balaban J connectivity index is 2.14. The molecule has 2 aromatic rings. The van der Waals surface area contributed by atoms with Crippen LogP contribution in [0.4, 0.5) is 0 Å². The number of carboxylic acids is 1. The molecule has 1 aromatic heterocycles. The minimum absolute atomic E-state index is 0.0229. The van der Waals surface area contributed by atoms with Gasteiger partial charge in [-0.05, 0) is 210 Å². The first kappa shape index (κ1) is 112. The quantitative estimate of drug-likeness (QED) is 0.0240. The molecular formula is C87H146N22O20. The Labute approximate surface area is 754 Å². The van der Waals surface area contributed by atoms with Crippen LogP contribution in [-0.4, -0.2) is 244 Å². The van der Waals surface area contributed by atoms with E-state index in [-0.39, 0.29) is 134 Å². The van der Waals surface area contributed by atoms with Crippen LogP contribution in [0.3, 0.4) is 0 Å². The van der Waals surface area contributed by atoms with E-state index in [0.717, 1.165) is 6.92 Å². The Hall–Kier alpha value is -11.2. The number of aromatic amines is 1. The molecular weight excluding hydrogens is 1670 g/mol. The average Bonchev–Trinajstić information content (AvgIpc) is 1.76. The number of rotatable bonds is 52. The Morgan fingerprint density at radius 3 is 1.53 bits per heavy atom. The fourth-order valence-corrected chi connectivity index (χ4v) is 14.4. The number of amides is 17. The maximum atomic E-state index is 15.5. The number of allylic oxidation sites excluding steroid dienone is 2. The summed E-state index contributed by atoms with van der Waals surface area (Å²) in [6.45, 7) is 17.4. The molecule has 0 spiro atoms. The number of para-hydroxylation sites is 1. The number of aliphatic carboxylic acids is 1. The fraction of sp³-hybridized carbons (Fsp3) is 0.678. The van der Waals surface area contributed by atoms with Crippen LogP contribution in [0, 0.1) is 23.7 Å². The number of hydrogen-bond acceptors (Lipinski definition) is 23. The number of aliphatic hydroxyl groups is 1. The molecule has 2 heterocycles. The van der Waals surface area contributed by atoms with E-state index >= 15 is 14.4 Å². The highest BCUT2D eigenvalue weighted by molar-refractivity contribution is 6.02. The number of carbonyl (C=O) groups excluding carboxylic acids is 17. The zero-order valence-electron chi connectivity index (χ0n) is 76.6. The number of nitrogens with two attached hydrogens (primary N) is 6. The van der Waals surface area contributed by atoms with Crippen molar-refractivity contribution in [2.75, 3.05) is 32.7 Å². The van der Waals surface area contributed by atoms with Crippen molar-refractivity contribution in [1.82, 2.24) is 84.7 Å². The molecule has 0 saturated heterocycles. The van der Waals surface area contributed by atoms with Gasteiger partial charge in [0.05, 0.1) is 19.1 Å². The van der Waals surface area contributed by atoms with Gasteiger partial charge in [0.15, 0.2) is 0 Å². The van der Waals surface area contributed by atoms with Crippen molar-refractivity contribution in [2.45, 2.75) is 320 Å². The van der Waals surface area contributed by atoms with Crippen LogP contribution in [0.1, 0.15) is 229 Å². The zero-order chi connectivity index (χ0) is 96.8. The minimum atomic E-state index is -1.96. The van der Waals surface area contributed by atoms with E-state index in [2.05, 4.69) is 84.7 Å². The predicted molar refractivity (Wildman–Crippen MR) is 481 cm³/mol. The van der Waals surface area contributed by atoms with E-state index in [1.807, 2.05) is 0 Å². The number of unbranched alkanes of at least 4 members (excludes halogenated alkanes) is 4. The van der Waals surface area contributed by atoms with E-state index in [4.69, 9.17) is 34.4 Å². The van der Waals surface area contributed by atoms with Gasteiger partial charge in [0, 0.05) is 36.9 Å². The van der Waals surface area contributed by atoms with Crippen LogP contribution in [0.25, 0.3) is 10.9 Å². The van der Waals surface area contributed by atoms with Gasteiger partial charge in [-0.1, -0.05) is 85.7 Å². The van der Waals surface area contributed by atoms with Gasteiger partial charge in [0.2, 0.25) is 100 Å². The smallest absolute Gasteiger partial charge is 0.305 e. The van der Waals surface area contributed by atoms with Crippen LogP contribution < -0.4 is 114 Å². The maximum Gasteiger partial charge on any atom is 0.305 e. The highest BCUT2D eigenvalue weighted by atomic mass is 16.4. The second-order valence-corrected chi connectivity index (χ2v) is 34.8. The number of hydrogen-bond donors (Lipinski definition) is 24. The van der Waals surface area contributed by atoms with Gasteiger partial charge in [0.1, 0.15) is 84.1 Å². The summed E-state index contributed by atoms with van der Waals surface area (Å²) in [5, 5.41) is 60.6. The van der Waals surface area contributed by atoms with E-state index < -0.39 is 234 Å². The lowest BCUT2D eigenvalue weighted by molar-refractivity contribution is -0.142. The number of H-pyrrole nitrogens is 1. The highest BCUT2D eigenvalue weighted by Gasteiger charge is 2.42. The molecule has 0 aliphatic carbocycles. The molecule has 0 radical (unpaired) electrons. The van der Waals surface area contributed by atoms with Gasteiger partial charge in [-0.3, -0.25) is 86.3 Å². The third-order valence-corrected chi connectivity index (χ3v) is 21.7. The number of benzene rings is 1. The number of fused-ring (bicyclic) bond motifs is 1. The van der Waals surface area contributed by atoms with Crippen molar-refractivity contribution in [2.24, 2.45) is 58.1 Å². The number of aromatic nitrogens is 1. The SMILES string of the molecule is CC(=O)N[C@H](C(=O)N[C@@H](CC(C)C)C(=O)N[C@@H](CCCCN)C(=O)N[C@@H](CCC(N)=O)C(=O)N[C@@H](Cc1c[nH]c2ccccc12)C(=O)N[C@@]1(C)CCC/C=C\CCC[C@@H](C(=O)N[C@@H](CCCCN)C(=O)N[C@@H](CC(=O)O)C(=O)N[C@@H](CC(C)C)C(=O)N[C@H](C(=O)N[C@@H](CCCCN)C(N)=O)C(C)C)NC(=O)[C@H](C(C)C)NC(=O)CNC(=O)[C@H](CCCCN)NC1=O)[C@@H](C)O. The largest absolute Gasteiger partial charge is 0.481 e. The Kier molecular flexibility index (Phi) is 50.6. The molecule has 0 fully saturated rings. The number of carbonyl (C=O) groups is 18. The summed E-state index contributed by atoms with van der Waals surface area (Å²) in [5.41, 5.74) is 33.7. The Morgan fingerprint density at radius 1 is 0.519 bits per heavy atom. The summed E-state index contributed by atoms with van der Waals surface area (Å²) in [4.78, 5) is 256. The van der Waals surface area contributed by atoms with Crippen LogP contribution in [0.15, 0.2) is 42.6 Å². The predicted octanol–water partition coefficient (Wildman–Crippen LogP) is -2.54. The summed E-state index contributed by atoms with van der Waals surface area (Å²) in [6.07, 6.45) is 4.74. The Bertz CT molecular complexity index is 4080. The van der Waals surface area contributed by atoms with Crippen molar-refractivity contribution in [3.05, 3.63) is 48.2 Å². The van der Waals surface area contributed by atoms with E-state index in [1.54, 1.807) is 98.0 Å². The van der Waals surface area contributed by atoms with Crippen molar-refractivity contribution in [3.63, 3.8) is 0 Å². The molecule has 15 atom stereocenters. The number of primary amides is 2. The molecule has 0 unspecified atom stereocenters. The molecule has 42 nitrogen and oxygen atoms in total. The van der Waals surface area contributed by atoms with Gasteiger partial charge in [0.25, 0.3) is 0 Å². The fourth-order valence-electron chi connectivity index (χ4n) is 14.4. The molecule has 1 aromatic carbocycles. The molecule has 0 saturated carbocycles. The molecule has 724 valence electrons. The Morgan fingerprint density at radius 2 is 1.00 bits per heavy atom. The van der Waals surface area contributed by atoms with Gasteiger partial charge >= 0.3 is 5.97 Å². The summed E-state index contributed by atoms with van der Waals surface area (Å²) in [6, 6.07) is -11.9. The van der Waals surface area contributed by atoms with Gasteiger partial charge in [-0.25, -0.2) is 0 Å². The molecule has 1 aliphatic rings. The summed E-state index contributed by atoms with van der Waals surface area (Å²) in [5.74, 6) is -18.5. The second kappa shape index (κ2) is 58.3. The van der Waals surface area contributed by atoms with Crippen molar-refractivity contribution >= 4 is 117 Å². The minimum Gasteiger partial charge on any atom is -0.481 e. The van der Waals surface area contributed by atoms with Gasteiger partial charge in [-0.2, -0.15) is 0 Å². The summed E-state index contributed by atoms with van der Waals surface area (Å²) < 4.78 is 0. The van der Waals surface area contributed by atoms with E-state index in [9.17, 15) is 82.1 Å². The van der Waals surface area contributed by atoms with Crippen LogP contribution >= 0.6 is 0 Å². The lowest BCUT2D eigenvalue weighted by Gasteiger charge is -2.33. The maximum absolute atomic E-state index is 15.5. The first-order valence-electron chi connectivity index (χ1n) is 44.9. The molecule has 0 bridgehead atoms. The second-order valence-electron chi connectivity index (χ2n) is 34.8. The first-order chi connectivity index (χ1) is 60.9. The standard InChI is InChI=1S/C87H146N22O20/c1-48(2)42-63(105-85(128)72(52(9)110)96-53(10)111)79(122)99-59(33-21-26-40-90)75(118)100-62(35-36-67(92)112)78(121)103-65(44-54-46-94-56-29-18-17-28-55(54)56)82(125)109-87(11)37-23-15-13-12-14-16-31-61(101-83(126)70(50(5)6)107-68(113)47-95-74(117)58(106-86(87)129)32-20-25-39-89)76(119)98-60(34-22-27-41-91)77(120)104-66(45-69(114)115)80(123)102-64(43-49(3)4)81(124)108-71(51(7)8)84(127)97-57(73(93)116)30-19-24-38-88/h12-13,17-18,28-29,46,48-52,57-66,70-72,94,110H,14-16,19-27,30-45,47,88-91H2,1-11H3,(H2,92,112)(H2,93,116)(H,95,117)(H,96,111)(H,97,127)(H,98,119)(H,99,122)(H,100,118)(H,101,126)(H,102,123)(H,103,121)(H,104,120)(H,105,128)(H,106,129)(H,107,113)(H,108,124)(H,109,125)(H,114,115)/b13-12-/t52-,57+,58+,59+,60+,61+,62+,63+,64+,65+,66+,70+,71+,72+,87+/m1/s1. The molecule has 1 aliphatic heterocycles. The third-order valence-electron chi connectivity index (χ3n) is 21.7.